The van der Waals surface area contributed by atoms with E-state index in [0.29, 0.717) is 18.9 Å². The number of nitrogens with zero attached hydrogens (tertiary/aromatic N) is 1. The van der Waals surface area contributed by atoms with Crippen LogP contribution in [0.3, 0.4) is 0 Å². The zero-order valence-electron chi connectivity index (χ0n) is 11.3. The van der Waals surface area contributed by atoms with Crippen LogP contribution in [0.4, 0.5) is 0 Å². The molecule has 0 aliphatic heterocycles. The SMILES string of the molecule is O=C(Cc1ccn[nH]1)NCCCC1CCCCC1O. The molecule has 0 bridgehead atoms. The molecule has 0 saturated heterocycles. The molecule has 0 aromatic carbocycles. The van der Waals surface area contributed by atoms with Crippen molar-refractivity contribution in [1.29, 1.82) is 0 Å². The van der Waals surface area contributed by atoms with Crippen LogP contribution < -0.4 is 5.32 Å². The Morgan fingerprint density at radius 1 is 1.47 bits per heavy atom. The molecular weight excluding hydrogens is 242 g/mol. The maximum atomic E-state index is 11.6. The number of nitrogens with one attached hydrogen (secondary N) is 2. The molecule has 2 atom stereocenters. The summed E-state index contributed by atoms with van der Waals surface area (Å²) < 4.78 is 0. The van der Waals surface area contributed by atoms with Crippen LogP contribution >= 0.6 is 0 Å². The topological polar surface area (TPSA) is 78.0 Å². The summed E-state index contributed by atoms with van der Waals surface area (Å²) in [5.74, 6) is 0.451. The average molecular weight is 265 g/mol. The predicted octanol–water partition coefficient (Wildman–Crippen LogP) is 1.40. The van der Waals surface area contributed by atoms with Crippen molar-refractivity contribution in [2.75, 3.05) is 6.54 Å². The van der Waals surface area contributed by atoms with Crippen LogP contribution in [0, 0.1) is 5.92 Å². The number of rotatable bonds is 6. The fourth-order valence-electron chi connectivity index (χ4n) is 2.74. The molecule has 5 heteroatoms. The molecule has 1 aromatic rings. The third-order valence-electron chi connectivity index (χ3n) is 3.85. The van der Waals surface area contributed by atoms with E-state index in [-0.39, 0.29) is 12.0 Å². The molecule has 1 aliphatic rings. The van der Waals surface area contributed by atoms with Gasteiger partial charge in [0.25, 0.3) is 0 Å². The first kappa shape index (κ1) is 14.1. The van der Waals surface area contributed by atoms with Gasteiger partial charge in [0.15, 0.2) is 0 Å². The third-order valence-corrected chi connectivity index (χ3v) is 3.85. The van der Waals surface area contributed by atoms with Crippen molar-refractivity contribution >= 4 is 5.91 Å². The average Bonchev–Trinajstić information content (AvgIpc) is 2.89. The van der Waals surface area contributed by atoms with Gasteiger partial charge in [0.2, 0.25) is 5.91 Å². The highest BCUT2D eigenvalue weighted by molar-refractivity contribution is 5.77. The maximum absolute atomic E-state index is 11.6. The Kier molecular flexibility index (Phi) is 5.39. The van der Waals surface area contributed by atoms with Crippen LogP contribution in [0.15, 0.2) is 12.3 Å². The van der Waals surface area contributed by atoms with E-state index in [0.717, 1.165) is 37.8 Å². The summed E-state index contributed by atoms with van der Waals surface area (Å²) in [5.41, 5.74) is 0.834. The van der Waals surface area contributed by atoms with Crippen molar-refractivity contribution in [2.24, 2.45) is 5.92 Å². The molecule has 1 fully saturated rings. The molecular formula is C14H23N3O2. The van der Waals surface area contributed by atoms with Crippen molar-refractivity contribution in [3.63, 3.8) is 0 Å². The molecule has 1 aliphatic carbocycles. The van der Waals surface area contributed by atoms with Gasteiger partial charge >= 0.3 is 0 Å². The third kappa shape index (κ3) is 4.67. The molecule has 2 rings (SSSR count). The van der Waals surface area contributed by atoms with Gasteiger partial charge in [-0.25, -0.2) is 0 Å². The predicted molar refractivity (Wildman–Crippen MR) is 72.5 cm³/mol. The first-order chi connectivity index (χ1) is 9.25. The van der Waals surface area contributed by atoms with Crippen LogP contribution in [0.2, 0.25) is 0 Å². The Hall–Kier alpha value is -1.36. The number of aliphatic hydroxyl groups excluding tert-OH is 1. The van der Waals surface area contributed by atoms with Crippen LogP contribution in [0.5, 0.6) is 0 Å². The Bertz CT molecular complexity index is 378. The van der Waals surface area contributed by atoms with E-state index < -0.39 is 0 Å². The van der Waals surface area contributed by atoms with Crippen LogP contribution in [0.1, 0.15) is 44.2 Å². The fraction of sp³-hybridized carbons (Fsp3) is 0.714. The van der Waals surface area contributed by atoms with Crippen molar-refractivity contribution in [3.8, 4) is 0 Å². The quantitative estimate of drug-likeness (QED) is 0.680. The molecule has 2 unspecified atom stereocenters. The molecule has 106 valence electrons. The van der Waals surface area contributed by atoms with Crippen LogP contribution in [-0.4, -0.2) is 33.9 Å². The summed E-state index contributed by atoms with van der Waals surface area (Å²) in [6.45, 7) is 0.691. The first-order valence-electron chi connectivity index (χ1n) is 7.18. The van der Waals surface area contributed by atoms with Gasteiger partial charge in [-0.1, -0.05) is 12.8 Å². The van der Waals surface area contributed by atoms with Crippen molar-refractivity contribution < 1.29 is 9.90 Å². The largest absolute Gasteiger partial charge is 0.393 e. The highest BCUT2D eigenvalue weighted by Crippen LogP contribution is 2.27. The summed E-state index contributed by atoms with van der Waals surface area (Å²) in [5, 5.41) is 19.3. The van der Waals surface area contributed by atoms with E-state index in [1.807, 2.05) is 0 Å². The van der Waals surface area contributed by atoms with Gasteiger partial charge in [-0.05, 0) is 37.7 Å². The summed E-state index contributed by atoms with van der Waals surface area (Å²) in [6, 6.07) is 1.80. The lowest BCUT2D eigenvalue weighted by Crippen LogP contribution is -2.28. The van der Waals surface area contributed by atoms with Crippen LogP contribution in [0.25, 0.3) is 0 Å². The number of hydrogen-bond acceptors (Lipinski definition) is 3. The summed E-state index contributed by atoms with van der Waals surface area (Å²) in [7, 11) is 0. The Balaban J connectivity index is 1.57. The highest BCUT2D eigenvalue weighted by atomic mass is 16.3. The molecule has 3 N–H and O–H groups in total. The summed E-state index contributed by atoms with van der Waals surface area (Å²) in [6.07, 6.45) is 8.27. The normalized spacial score (nSPS) is 23.2. The van der Waals surface area contributed by atoms with Gasteiger partial charge in [0.1, 0.15) is 0 Å². The molecule has 1 saturated carbocycles. The monoisotopic (exact) mass is 265 g/mol. The fourth-order valence-corrected chi connectivity index (χ4v) is 2.74. The van der Waals surface area contributed by atoms with Gasteiger partial charge < -0.3 is 10.4 Å². The van der Waals surface area contributed by atoms with Gasteiger partial charge in [-0.3, -0.25) is 9.89 Å². The van der Waals surface area contributed by atoms with Gasteiger partial charge in [0.05, 0.1) is 12.5 Å². The highest BCUT2D eigenvalue weighted by Gasteiger charge is 2.22. The second-order valence-electron chi connectivity index (χ2n) is 5.36. The summed E-state index contributed by atoms with van der Waals surface area (Å²) in [4.78, 5) is 11.6. The minimum atomic E-state index is -0.130. The molecule has 19 heavy (non-hydrogen) atoms. The van der Waals surface area contributed by atoms with E-state index in [2.05, 4.69) is 15.5 Å². The molecule has 1 heterocycles. The smallest absolute Gasteiger partial charge is 0.225 e. The second-order valence-corrected chi connectivity index (χ2v) is 5.36. The lowest BCUT2D eigenvalue weighted by molar-refractivity contribution is -0.120. The number of carbonyl (C=O) groups is 1. The molecule has 5 nitrogen and oxygen atoms in total. The minimum absolute atomic E-state index is 0.0217. The lowest BCUT2D eigenvalue weighted by Gasteiger charge is -2.27. The van der Waals surface area contributed by atoms with Crippen LogP contribution in [-0.2, 0) is 11.2 Å². The number of amides is 1. The van der Waals surface area contributed by atoms with E-state index in [4.69, 9.17) is 0 Å². The number of H-pyrrole nitrogens is 1. The first-order valence-corrected chi connectivity index (χ1v) is 7.18. The molecule has 0 radical (unpaired) electrons. The summed E-state index contributed by atoms with van der Waals surface area (Å²) >= 11 is 0. The van der Waals surface area contributed by atoms with E-state index in [1.165, 1.54) is 6.42 Å². The van der Waals surface area contributed by atoms with Crippen molar-refractivity contribution in [2.45, 2.75) is 51.0 Å². The molecule has 0 spiro atoms. The number of hydrogen-bond donors (Lipinski definition) is 3. The Labute approximate surface area is 113 Å². The van der Waals surface area contributed by atoms with E-state index in [1.54, 1.807) is 12.3 Å². The standard InChI is InChI=1S/C14H23N3O2/c18-13-6-2-1-4-11(13)5-3-8-15-14(19)10-12-7-9-16-17-12/h7,9,11,13,18H,1-6,8,10H2,(H,15,19)(H,16,17). The van der Waals surface area contributed by atoms with Gasteiger partial charge in [-0.15, -0.1) is 0 Å². The van der Waals surface area contributed by atoms with Gasteiger partial charge in [-0.2, -0.15) is 5.10 Å². The lowest BCUT2D eigenvalue weighted by atomic mass is 9.83. The van der Waals surface area contributed by atoms with Gasteiger partial charge in [0, 0.05) is 18.4 Å². The Morgan fingerprint density at radius 2 is 2.32 bits per heavy atom. The van der Waals surface area contributed by atoms with E-state index >= 15 is 0 Å². The second kappa shape index (κ2) is 7.28. The number of carbonyl (C=O) groups excluding carboxylic acids is 1. The zero-order valence-corrected chi connectivity index (χ0v) is 11.3. The van der Waals surface area contributed by atoms with E-state index in [9.17, 15) is 9.90 Å². The number of aromatic nitrogens is 2. The minimum Gasteiger partial charge on any atom is -0.393 e. The molecule has 1 amide bonds. The van der Waals surface area contributed by atoms with Crippen molar-refractivity contribution in [3.05, 3.63) is 18.0 Å². The van der Waals surface area contributed by atoms with Crippen molar-refractivity contribution in [1.82, 2.24) is 15.5 Å². The zero-order chi connectivity index (χ0) is 13.5. The molecule has 1 aromatic heterocycles. The number of aromatic amines is 1. The Morgan fingerprint density at radius 3 is 3.05 bits per heavy atom. The maximum Gasteiger partial charge on any atom is 0.225 e. The number of aliphatic hydroxyl groups is 1.